The van der Waals surface area contributed by atoms with Crippen LogP contribution in [-0.4, -0.2) is 23.1 Å². The zero-order valence-corrected chi connectivity index (χ0v) is 11.2. The molecule has 0 aromatic carbocycles. The van der Waals surface area contributed by atoms with Crippen LogP contribution in [0.4, 0.5) is 0 Å². The fourth-order valence-electron chi connectivity index (χ4n) is 1.92. The van der Waals surface area contributed by atoms with Gasteiger partial charge in [0.05, 0.1) is 17.9 Å². The number of carbonyl (C=O) groups excluding carboxylic acids is 1. The Labute approximate surface area is 103 Å². The zero-order chi connectivity index (χ0) is 13.4. The minimum atomic E-state index is -0.897. The van der Waals surface area contributed by atoms with E-state index in [0.29, 0.717) is 12.8 Å². The molecule has 17 heavy (non-hydrogen) atoms. The molecule has 0 aromatic rings. The second kappa shape index (κ2) is 8.09. The van der Waals surface area contributed by atoms with E-state index >= 15 is 0 Å². The first kappa shape index (κ1) is 15.9. The van der Waals surface area contributed by atoms with E-state index in [1.165, 1.54) is 0 Å². The van der Waals surface area contributed by atoms with E-state index in [4.69, 9.17) is 4.74 Å². The second-order valence-corrected chi connectivity index (χ2v) is 4.61. The highest BCUT2D eigenvalue weighted by atomic mass is 16.5. The molecular formula is C13H24O4. The molecule has 0 saturated heterocycles. The maximum atomic E-state index is 11.9. The summed E-state index contributed by atoms with van der Waals surface area (Å²) in [6.07, 6.45) is 2.44. The number of carboxylic acids is 1. The van der Waals surface area contributed by atoms with Gasteiger partial charge in [-0.15, -0.1) is 0 Å². The Morgan fingerprint density at radius 2 is 1.53 bits per heavy atom. The summed E-state index contributed by atoms with van der Waals surface area (Å²) >= 11 is 0. The predicted octanol–water partition coefficient (Wildman–Crippen LogP) is 2.86. The summed E-state index contributed by atoms with van der Waals surface area (Å²) in [5.41, 5.74) is 0. The van der Waals surface area contributed by atoms with Gasteiger partial charge in [0.25, 0.3) is 0 Å². The maximum Gasteiger partial charge on any atom is 0.310 e. The van der Waals surface area contributed by atoms with Crippen molar-refractivity contribution in [2.24, 2.45) is 11.8 Å². The summed E-state index contributed by atoms with van der Waals surface area (Å²) in [7, 11) is 0. The summed E-state index contributed by atoms with van der Waals surface area (Å²) in [5, 5.41) is 9.18. The van der Waals surface area contributed by atoms with Crippen LogP contribution in [0.2, 0.25) is 0 Å². The van der Waals surface area contributed by atoms with E-state index in [1.54, 1.807) is 13.8 Å². The fourth-order valence-corrected chi connectivity index (χ4v) is 1.92. The van der Waals surface area contributed by atoms with Crippen LogP contribution in [-0.2, 0) is 14.3 Å². The first-order valence-corrected chi connectivity index (χ1v) is 6.37. The van der Waals surface area contributed by atoms with Gasteiger partial charge in [0.1, 0.15) is 0 Å². The van der Waals surface area contributed by atoms with Crippen molar-refractivity contribution in [1.29, 1.82) is 0 Å². The molecule has 1 N–H and O–H groups in total. The number of esters is 1. The molecule has 0 aromatic heterocycles. The van der Waals surface area contributed by atoms with Gasteiger partial charge in [-0.2, -0.15) is 0 Å². The van der Waals surface area contributed by atoms with Gasteiger partial charge in [-0.3, -0.25) is 9.59 Å². The number of aliphatic carboxylic acids is 1. The number of ether oxygens (including phenoxy) is 1. The zero-order valence-electron chi connectivity index (χ0n) is 11.2. The van der Waals surface area contributed by atoms with Crippen molar-refractivity contribution in [2.45, 2.75) is 59.5 Å². The largest absolute Gasteiger partial charge is 0.481 e. The third kappa shape index (κ3) is 5.71. The molecule has 2 atom stereocenters. The van der Waals surface area contributed by atoms with Crippen LogP contribution in [0.3, 0.4) is 0 Å². The van der Waals surface area contributed by atoms with E-state index in [1.807, 2.05) is 13.8 Å². The van der Waals surface area contributed by atoms with Crippen LogP contribution in [0.15, 0.2) is 0 Å². The van der Waals surface area contributed by atoms with E-state index in [2.05, 4.69) is 0 Å². The molecule has 0 aliphatic rings. The maximum absolute atomic E-state index is 11.9. The van der Waals surface area contributed by atoms with Gasteiger partial charge in [-0.25, -0.2) is 0 Å². The standard InChI is InChI=1S/C13H24O4/c1-5-7-10(12(14)15)11(8-6-2)13(16)17-9(3)4/h9-11H,5-8H2,1-4H3,(H,14,15)/t10-,11+/m0/s1. The van der Waals surface area contributed by atoms with Gasteiger partial charge in [0, 0.05) is 0 Å². The lowest BCUT2D eigenvalue weighted by Crippen LogP contribution is -2.32. The molecule has 100 valence electrons. The number of hydrogen-bond acceptors (Lipinski definition) is 3. The van der Waals surface area contributed by atoms with Crippen molar-refractivity contribution in [3.8, 4) is 0 Å². The third-order valence-electron chi connectivity index (χ3n) is 2.66. The van der Waals surface area contributed by atoms with Crippen LogP contribution in [0.1, 0.15) is 53.4 Å². The molecule has 0 heterocycles. The fraction of sp³-hybridized carbons (Fsp3) is 0.846. The topological polar surface area (TPSA) is 63.6 Å². The first-order chi connectivity index (χ1) is 7.93. The lowest BCUT2D eigenvalue weighted by molar-refractivity contribution is -0.161. The molecule has 4 nitrogen and oxygen atoms in total. The van der Waals surface area contributed by atoms with Gasteiger partial charge in [0.15, 0.2) is 0 Å². The van der Waals surface area contributed by atoms with Gasteiger partial charge >= 0.3 is 11.9 Å². The highest BCUT2D eigenvalue weighted by Crippen LogP contribution is 2.25. The normalized spacial score (nSPS) is 14.4. The Balaban J connectivity index is 4.77. The number of rotatable bonds is 8. The van der Waals surface area contributed by atoms with Crippen molar-refractivity contribution in [3.05, 3.63) is 0 Å². The number of carbonyl (C=O) groups is 2. The Morgan fingerprint density at radius 3 is 1.88 bits per heavy atom. The van der Waals surface area contributed by atoms with Crippen LogP contribution in [0.25, 0.3) is 0 Å². The minimum Gasteiger partial charge on any atom is -0.481 e. The van der Waals surface area contributed by atoms with Crippen LogP contribution >= 0.6 is 0 Å². The molecular weight excluding hydrogens is 220 g/mol. The van der Waals surface area contributed by atoms with Crippen molar-refractivity contribution in [2.75, 3.05) is 0 Å². The van der Waals surface area contributed by atoms with Crippen molar-refractivity contribution in [3.63, 3.8) is 0 Å². The molecule has 0 fully saturated rings. The Hall–Kier alpha value is -1.06. The molecule has 0 rings (SSSR count). The summed E-state index contributed by atoms with van der Waals surface area (Å²) in [5.74, 6) is -2.40. The Morgan fingerprint density at radius 1 is 1.06 bits per heavy atom. The molecule has 0 amide bonds. The van der Waals surface area contributed by atoms with Gasteiger partial charge in [0.2, 0.25) is 0 Å². The SMILES string of the molecule is CCC[C@H](C(=O)O)[C@@H](CCC)C(=O)OC(C)C. The summed E-state index contributed by atoms with van der Waals surface area (Å²) in [4.78, 5) is 23.1. The monoisotopic (exact) mass is 244 g/mol. The number of carboxylic acid groups (broad SMARTS) is 1. The molecule has 0 bridgehead atoms. The average Bonchev–Trinajstić information content (AvgIpc) is 2.21. The second-order valence-electron chi connectivity index (χ2n) is 4.61. The van der Waals surface area contributed by atoms with E-state index in [0.717, 1.165) is 12.8 Å². The highest BCUT2D eigenvalue weighted by Gasteiger charge is 2.33. The molecule has 0 saturated carbocycles. The molecule has 0 radical (unpaired) electrons. The van der Waals surface area contributed by atoms with Crippen molar-refractivity contribution >= 4 is 11.9 Å². The van der Waals surface area contributed by atoms with E-state index in [9.17, 15) is 14.7 Å². The quantitative estimate of drug-likeness (QED) is 0.667. The summed E-state index contributed by atoms with van der Waals surface area (Å²) in [6.45, 7) is 7.42. The van der Waals surface area contributed by atoms with E-state index in [-0.39, 0.29) is 12.1 Å². The van der Waals surface area contributed by atoms with Crippen LogP contribution in [0, 0.1) is 11.8 Å². The Bertz CT molecular complexity index is 248. The van der Waals surface area contributed by atoms with Gasteiger partial charge < -0.3 is 9.84 Å². The average molecular weight is 244 g/mol. The summed E-state index contributed by atoms with van der Waals surface area (Å²) in [6, 6.07) is 0. The summed E-state index contributed by atoms with van der Waals surface area (Å²) < 4.78 is 5.14. The smallest absolute Gasteiger partial charge is 0.310 e. The lowest BCUT2D eigenvalue weighted by Gasteiger charge is -2.22. The molecule has 4 heteroatoms. The lowest BCUT2D eigenvalue weighted by atomic mass is 9.85. The van der Waals surface area contributed by atoms with E-state index < -0.39 is 17.8 Å². The van der Waals surface area contributed by atoms with Gasteiger partial charge in [-0.05, 0) is 26.7 Å². The molecule has 0 aliphatic carbocycles. The molecule has 0 spiro atoms. The van der Waals surface area contributed by atoms with Gasteiger partial charge in [-0.1, -0.05) is 26.7 Å². The minimum absolute atomic E-state index is 0.196. The predicted molar refractivity (Wildman–Crippen MR) is 65.7 cm³/mol. The van der Waals surface area contributed by atoms with Crippen LogP contribution < -0.4 is 0 Å². The van der Waals surface area contributed by atoms with Crippen LogP contribution in [0.5, 0.6) is 0 Å². The molecule has 0 aliphatic heterocycles. The highest BCUT2D eigenvalue weighted by molar-refractivity contribution is 5.81. The first-order valence-electron chi connectivity index (χ1n) is 6.37. The third-order valence-corrected chi connectivity index (χ3v) is 2.66. The Kier molecular flexibility index (Phi) is 7.59. The molecule has 0 unspecified atom stereocenters. The number of hydrogen-bond donors (Lipinski definition) is 1. The van der Waals surface area contributed by atoms with Crippen molar-refractivity contribution < 1.29 is 19.4 Å². The van der Waals surface area contributed by atoms with Crippen molar-refractivity contribution in [1.82, 2.24) is 0 Å².